The fourth-order valence-electron chi connectivity index (χ4n) is 1.62. The number of rotatable bonds is 6. The van der Waals surface area contributed by atoms with E-state index >= 15 is 0 Å². The van der Waals surface area contributed by atoms with Crippen LogP contribution in [0.3, 0.4) is 0 Å². The van der Waals surface area contributed by atoms with Crippen molar-refractivity contribution >= 4 is 12.4 Å². The van der Waals surface area contributed by atoms with Gasteiger partial charge in [-0.1, -0.05) is 72.2 Å². The second kappa shape index (κ2) is 18.7. The first-order valence-electron chi connectivity index (χ1n) is 9.21. The van der Waals surface area contributed by atoms with Crippen LogP contribution in [0.5, 0.6) is 11.5 Å². The highest BCUT2D eigenvalue weighted by Gasteiger charge is 2.02. The van der Waals surface area contributed by atoms with Crippen LogP contribution >= 0.6 is 0 Å². The summed E-state index contributed by atoms with van der Waals surface area (Å²) in [5.74, 6) is 1.20. The van der Waals surface area contributed by atoms with E-state index in [1.165, 1.54) is 18.9 Å². The fourth-order valence-corrected chi connectivity index (χ4v) is 1.62. The van der Waals surface area contributed by atoms with Crippen LogP contribution in [0.1, 0.15) is 59.1 Å². The largest absolute Gasteiger partial charge is 0.457 e. The molecule has 2 rings (SSSR count). The van der Waals surface area contributed by atoms with Crippen LogP contribution in [0.2, 0.25) is 0 Å². The summed E-state index contributed by atoms with van der Waals surface area (Å²) in [7, 11) is 0. The molecule has 0 aliphatic carbocycles. The Kier molecular flexibility index (Phi) is 18.4. The predicted molar refractivity (Wildman–Crippen MR) is 113 cm³/mol. The SMILES string of the molecule is CC.CC.CCC.N=Cc1ccccc1OCOc1ccccc1C=N. The van der Waals surface area contributed by atoms with Crippen LogP contribution < -0.4 is 9.47 Å². The van der Waals surface area contributed by atoms with Gasteiger partial charge in [0.2, 0.25) is 6.79 Å². The Balaban J connectivity index is 0. The first-order chi connectivity index (χ1) is 12.8. The van der Waals surface area contributed by atoms with E-state index in [2.05, 4.69) is 13.8 Å². The quantitative estimate of drug-likeness (QED) is 0.453. The molecule has 2 aromatic rings. The van der Waals surface area contributed by atoms with E-state index in [-0.39, 0.29) is 6.79 Å². The van der Waals surface area contributed by atoms with Crippen molar-refractivity contribution in [2.45, 2.75) is 48.0 Å². The summed E-state index contributed by atoms with van der Waals surface area (Å²) in [4.78, 5) is 0. The molecule has 0 aliphatic heterocycles. The molecule has 0 saturated heterocycles. The van der Waals surface area contributed by atoms with Crippen molar-refractivity contribution in [1.29, 1.82) is 10.8 Å². The van der Waals surface area contributed by atoms with Crippen LogP contribution in [0.4, 0.5) is 0 Å². The maximum Gasteiger partial charge on any atom is 0.230 e. The van der Waals surface area contributed by atoms with E-state index in [1.807, 2.05) is 52.0 Å². The van der Waals surface area contributed by atoms with E-state index in [9.17, 15) is 0 Å². The molecule has 0 atom stereocenters. The molecule has 0 amide bonds. The van der Waals surface area contributed by atoms with Gasteiger partial charge in [0.05, 0.1) is 0 Å². The van der Waals surface area contributed by atoms with Crippen molar-refractivity contribution in [3.8, 4) is 11.5 Å². The standard InChI is InChI=1S/C15H14N2O2.C3H8.2C2H6/c16-9-12-5-1-3-7-14(12)18-11-19-15-8-4-2-6-13(15)10-17;1-3-2;2*1-2/h1-10,16-17H,11H2;3H2,1-2H3;2*1-2H3. The highest BCUT2D eigenvalue weighted by atomic mass is 16.7. The molecule has 0 saturated carbocycles. The lowest BCUT2D eigenvalue weighted by atomic mass is 10.2. The van der Waals surface area contributed by atoms with Crippen molar-refractivity contribution < 1.29 is 9.47 Å². The van der Waals surface area contributed by atoms with Crippen molar-refractivity contribution in [1.82, 2.24) is 0 Å². The molecule has 4 heteroatoms. The molecule has 0 heterocycles. The Bertz CT molecular complexity index is 547. The summed E-state index contributed by atoms with van der Waals surface area (Å²) in [6.07, 6.45) is 3.72. The van der Waals surface area contributed by atoms with Crippen molar-refractivity contribution in [2.75, 3.05) is 6.79 Å². The zero-order valence-electron chi connectivity index (χ0n) is 17.0. The Labute approximate surface area is 159 Å². The van der Waals surface area contributed by atoms with Gasteiger partial charge in [-0.15, -0.1) is 0 Å². The normalized spacial score (nSPS) is 8.23. The van der Waals surface area contributed by atoms with E-state index < -0.39 is 0 Å². The number of nitrogens with one attached hydrogen (secondary N) is 2. The Hall–Kier alpha value is -2.62. The molecule has 2 N–H and O–H groups in total. The second-order valence-corrected chi connectivity index (χ2v) is 4.48. The second-order valence-electron chi connectivity index (χ2n) is 4.48. The number of hydrogen-bond donors (Lipinski definition) is 2. The fraction of sp³-hybridized carbons (Fsp3) is 0.364. The predicted octanol–water partition coefficient (Wildman–Crippen LogP) is 6.57. The zero-order valence-corrected chi connectivity index (χ0v) is 17.0. The van der Waals surface area contributed by atoms with E-state index in [0.717, 1.165) is 0 Å². The van der Waals surface area contributed by atoms with Crippen LogP contribution in [0, 0.1) is 10.8 Å². The lowest BCUT2D eigenvalue weighted by molar-refractivity contribution is 0.119. The lowest BCUT2D eigenvalue weighted by Gasteiger charge is -2.11. The molecule has 0 fully saturated rings. The minimum atomic E-state index is 0.0374. The topological polar surface area (TPSA) is 66.2 Å². The van der Waals surface area contributed by atoms with Crippen molar-refractivity contribution in [3.05, 3.63) is 59.7 Å². The van der Waals surface area contributed by atoms with Crippen LogP contribution in [-0.2, 0) is 0 Å². The lowest BCUT2D eigenvalue weighted by Crippen LogP contribution is -2.08. The molecule has 0 unspecified atom stereocenters. The van der Waals surface area contributed by atoms with Gasteiger partial charge < -0.3 is 20.3 Å². The number of ether oxygens (including phenoxy) is 2. The van der Waals surface area contributed by atoms with E-state index in [4.69, 9.17) is 20.3 Å². The molecule has 0 bridgehead atoms. The first-order valence-corrected chi connectivity index (χ1v) is 9.21. The third-order valence-electron chi connectivity index (χ3n) is 2.58. The molecule has 0 aromatic heterocycles. The highest BCUT2D eigenvalue weighted by molar-refractivity contribution is 5.81. The monoisotopic (exact) mass is 358 g/mol. The molecule has 4 nitrogen and oxygen atoms in total. The molecule has 0 radical (unpaired) electrons. The van der Waals surface area contributed by atoms with Gasteiger partial charge in [0, 0.05) is 23.6 Å². The summed E-state index contributed by atoms with van der Waals surface area (Å²) in [6, 6.07) is 14.5. The number of benzene rings is 2. The van der Waals surface area contributed by atoms with Gasteiger partial charge in [-0.05, 0) is 24.3 Å². The van der Waals surface area contributed by atoms with Gasteiger partial charge in [-0.25, -0.2) is 0 Å². The van der Waals surface area contributed by atoms with Crippen LogP contribution in [0.15, 0.2) is 48.5 Å². The van der Waals surface area contributed by atoms with Gasteiger partial charge in [0.15, 0.2) is 0 Å². The Morgan fingerprint density at radius 2 is 1.00 bits per heavy atom. The molecule has 144 valence electrons. The smallest absolute Gasteiger partial charge is 0.230 e. The number of hydrogen-bond acceptors (Lipinski definition) is 4. The minimum Gasteiger partial charge on any atom is -0.457 e. The average molecular weight is 359 g/mol. The average Bonchev–Trinajstić information content (AvgIpc) is 2.72. The molecule has 26 heavy (non-hydrogen) atoms. The molecule has 2 aromatic carbocycles. The maximum absolute atomic E-state index is 7.27. The molecule has 0 aliphatic rings. The van der Waals surface area contributed by atoms with Crippen molar-refractivity contribution in [2.24, 2.45) is 0 Å². The minimum absolute atomic E-state index is 0.0374. The summed E-state index contributed by atoms with van der Waals surface area (Å²) in [5.41, 5.74) is 1.40. The Morgan fingerprint density at radius 3 is 1.31 bits per heavy atom. The highest BCUT2D eigenvalue weighted by Crippen LogP contribution is 2.18. The van der Waals surface area contributed by atoms with Gasteiger partial charge >= 0.3 is 0 Å². The first kappa shape index (κ1) is 25.6. The molecular weight excluding hydrogens is 324 g/mol. The summed E-state index contributed by atoms with van der Waals surface area (Å²) in [6.45, 7) is 12.3. The third kappa shape index (κ3) is 10.3. The van der Waals surface area contributed by atoms with Gasteiger partial charge in [-0.3, -0.25) is 0 Å². The summed E-state index contributed by atoms with van der Waals surface area (Å²) in [5, 5.41) is 14.5. The molecule has 0 spiro atoms. The summed E-state index contributed by atoms with van der Waals surface area (Å²) >= 11 is 0. The van der Waals surface area contributed by atoms with Crippen molar-refractivity contribution in [3.63, 3.8) is 0 Å². The molecular formula is C22H34N2O2. The zero-order chi connectivity index (χ0) is 20.2. The summed E-state index contributed by atoms with van der Waals surface area (Å²) < 4.78 is 11.0. The number of para-hydroxylation sites is 2. The van der Waals surface area contributed by atoms with Gasteiger partial charge in [0.1, 0.15) is 11.5 Å². The third-order valence-corrected chi connectivity index (χ3v) is 2.58. The van der Waals surface area contributed by atoms with Crippen LogP contribution in [0.25, 0.3) is 0 Å². The Morgan fingerprint density at radius 1 is 0.692 bits per heavy atom. The van der Waals surface area contributed by atoms with Gasteiger partial charge in [0.25, 0.3) is 0 Å². The maximum atomic E-state index is 7.27. The van der Waals surface area contributed by atoms with E-state index in [0.29, 0.717) is 22.6 Å². The van der Waals surface area contributed by atoms with E-state index in [1.54, 1.807) is 24.3 Å². The van der Waals surface area contributed by atoms with Gasteiger partial charge in [-0.2, -0.15) is 0 Å². The van der Waals surface area contributed by atoms with Crippen LogP contribution in [-0.4, -0.2) is 19.2 Å².